The maximum Gasteiger partial charge on any atom is 0.303 e. The molecule has 0 saturated heterocycles. The fourth-order valence-electron chi connectivity index (χ4n) is 1.25. The Labute approximate surface area is 87.7 Å². The number of carboxylic acids is 1. The molecule has 1 aromatic heterocycles. The summed E-state index contributed by atoms with van der Waals surface area (Å²) in [6.45, 7) is 3.73. The minimum absolute atomic E-state index is 0.00755. The van der Waals surface area contributed by atoms with Crippen molar-refractivity contribution in [3.63, 3.8) is 0 Å². The van der Waals surface area contributed by atoms with E-state index in [4.69, 9.17) is 5.11 Å². The van der Waals surface area contributed by atoms with Gasteiger partial charge in [0.2, 0.25) is 5.91 Å². The Morgan fingerprint density at radius 2 is 1.80 bits per heavy atom. The summed E-state index contributed by atoms with van der Waals surface area (Å²) >= 11 is 0. The average Bonchev–Trinajstić information content (AvgIpc) is 2.46. The van der Waals surface area contributed by atoms with Crippen LogP contribution in [0.25, 0.3) is 0 Å². The molecular weight excluding hydrogens is 196 g/mol. The third kappa shape index (κ3) is 3.12. The van der Waals surface area contributed by atoms with Gasteiger partial charge in [0, 0.05) is 17.8 Å². The second-order valence-corrected chi connectivity index (χ2v) is 3.38. The van der Waals surface area contributed by atoms with Gasteiger partial charge in [0.1, 0.15) is 0 Å². The van der Waals surface area contributed by atoms with Crippen LogP contribution in [-0.2, 0) is 9.59 Å². The highest BCUT2D eigenvalue weighted by Crippen LogP contribution is 2.04. The SMILES string of the molecule is Cc1ccc(C)n1NC(=O)CCC(=O)O. The van der Waals surface area contributed by atoms with E-state index in [-0.39, 0.29) is 18.7 Å². The first-order valence-electron chi connectivity index (χ1n) is 4.67. The summed E-state index contributed by atoms with van der Waals surface area (Å²) in [7, 11) is 0. The predicted molar refractivity (Wildman–Crippen MR) is 55.1 cm³/mol. The van der Waals surface area contributed by atoms with Crippen molar-refractivity contribution >= 4 is 11.9 Å². The second kappa shape index (κ2) is 4.63. The van der Waals surface area contributed by atoms with Gasteiger partial charge in [-0.05, 0) is 26.0 Å². The molecule has 0 saturated carbocycles. The average molecular weight is 210 g/mol. The van der Waals surface area contributed by atoms with Gasteiger partial charge in [0.15, 0.2) is 0 Å². The summed E-state index contributed by atoms with van der Waals surface area (Å²) in [5.41, 5.74) is 4.45. The first kappa shape index (κ1) is 11.3. The Kier molecular flexibility index (Phi) is 3.49. The minimum Gasteiger partial charge on any atom is -0.481 e. The van der Waals surface area contributed by atoms with Gasteiger partial charge >= 0.3 is 5.97 Å². The number of carbonyl (C=O) groups excluding carboxylic acids is 1. The summed E-state index contributed by atoms with van der Waals surface area (Å²) < 4.78 is 1.64. The zero-order valence-electron chi connectivity index (χ0n) is 8.78. The first-order valence-corrected chi connectivity index (χ1v) is 4.67. The van der Waals surface area contributed by atoms with E-state index < -0.39 is 5.97 Å². The number of amides is 1. The molecule has 0 unspecified atom stereocenters. The molecule has 0 aliphatic carbocycles. The van der Waals surface area contributed by atoms with E-state index in [0.717, 1.165) is 11.4 Å². The molecule has 82 valence electrons. The van der Waals surface area contributed by atoms with Crippen LogP contribution in [0.2, 0.25) is 0 Å². The molecule has 15 heavy (non-hydrogen) atoms. The molecule has 0 radical (unpaired) electrons. The number of aromatic nitrogens is 1. The summed E-state index contributed by atoms with van der Waals surface area (Å²) in [5, 5.41) is 8.41. The fraction of sp³-hybridized carbons (Fsp3) is 0.400. The summed E-state index contributed by atoms with van der Waals surface area (Å²) in [5.74, 6) is -1.26. The van der Waals surface area contributed by atoms with Crippen LogP contribution in [0.4, 0.5) is 0 Å². The Balaban J connectivity index is 2.55. The molecule has 1 amide bonds. The third-order valence-electron chi connectivity index (χ3n) is 2.07. The van der Waals surface area contributed by atoms with Crippen molar-refractivity contribution in [2.75, 3.05) is 5.43 Å². The van der Waals surface area contributed by atoms with Gasteiger partial charge < -0.3 is 5.11 Å². The number of aryl methyl sites for hydroxylation is 2. The number of hydrogen-bond acceptors (Lipinski definition) is 2. The quantitative estimate of drug-likeness (QED) is 0.780. The number of hydrogen-bond donors (Lipinski definition) is 2. The number of nitrogens with one attached hydrogen (secondary N) is 1. The molecular formula is C10H14N2O3. The van der Waals surface area contributed by atoms with Crippen LogP contribution in [0.1, 0.15) is 24.2 Å². The van der Waals surface area contributed by atoms with Gasteiger partial charge in [0.05, 0.1) is 6.42 Å². The van der Waals surface area contributed by atoms with E-state index in [2.05, 4.69) is 5.43 Å². The summed E-state index contributed by atoms with van der Waals surface area (Å²) in [4.78, 5) is 21.6. The van der Waals surface area contributed by atoms with E-state index in [9.17, 15) is 9.59 Å². The van der Waals surface area contributed by atoms with Gasteiger partial charge in [-0.2, -0.15) is 0 Å². The molecule has 5 nitrogen and oxygen atoms in total. The lowest BCUT2D eigenvalue weighted by molar-refractivity contribution is -0.138. The third-order valence-corrected chi connectivity index (χ3v) is 2.07. The van der Waals surface area contributed by atoms with Crippen LogP contribution in [0.5, 0.6) is 0 Å². The monoisotopic (exact) mass is 210 g/mol. The molecule has 5 heteroatoms. The maximum absolute atomic E-state index is 11.3. The van der Waals surface area contributed by atoms with Crippen LogP contribution >= 0.6 is 0 Å². The maximum atomic E-state index is 11.3. The van der Waals surface area contributed by atoms with Crippen molar-refractivity contribution in [1.29, 1.82) is 0 Å². The van der Waals surface area contributed by atoms with Crippen molar-refractivity contribution in [3.05, 3.63) is 23.5 Å². The number of nitrogens with zero attached hydrogens (tertiary/aromatic N) is 1. The Morgan fingerprint density at radius 3 is 2.27 bits per heavy atom. The van der Waals surface area contributed by atoms with Crippen LogP contribution in [0.15, 0.2) is 12.1 Å². The number of carbonyl (C=O) groups is 2. The Morgan fingerprint density at radius 1 is 1.27 bits per heavy atom. The van der Waals surface area contributed by atoms with Crippen LogP contribution < -0.4 is 5.43 Å². The van der Waals surface area contributed by atoms with E-state index >= 15 is 0 Å². The zero-order chi connectivity index (χ0) is 11.4. The number of carboxylic acid groups (broad SMARTS) is 1. The topological polar surface area (TPSA) is 71.3 Å². The van der Waals surface area contributed by atoms with Gasteiger partial charge in [-0.3, -0.25) is 19.7 Å². The second-order valence-electron chi connectivity index (χ2n) is 3.38. The van der Waals surface area contributed by atoms with Crippen LogP contribution in [-0.4, -0.2) is 21.7 Å². The largest absolute Gasteiger partial charge is 0.481 e. The van der Waals surface area contributed by atoms with Crippen molar-refractivity contribution < 1.29 is 14.7 Å². The predicted octanol–water partition coefficient (Wildman–Crippen LogP) is 1.04. The van der Waals surface area contributed by atoms with Crippen molar-refractivity contribution in [2.24, 2.45) is 0 Å². The van der Waals surface area contributed by atoms with E-state index in [0.29, 0.717) is 0 Å². The fourth-order valence-corrected chi connectivity index (χ4v) is 1.25. The lowest BCUT2D eigenvalue weighted by atomic mass is 10.3. The lowest BCUT2D eigenvalue weighted by Crippen LogP contribution is -2.24. The summed E-state index contributed by atoms with van der Waals surface area (Å²) in [6, 6.07) is 3.76. The van der Waals surface area contributed by atoms with Gasteiger partial charge in [0.25, 0.3) is 0 Å². The molecule has 0 aliphatic rings. The highest BCUT2D eigenvalue weighted by Gasteiger charge is 2.07. The standard InChI is InChI=1S/C10H14N2O3/c1-7-3-4-8(2)12(7)11-9(13)5-6-10(14)15/h3-4H,5-6H2,1-2H3,(H,11,13)(H,14,15). The van der Waals surface area contributed by atoms with Crippen molar-refractivity contribution in [3.8, 4) is 0 Å². The smallest absolute Gasteiger partial charge is 0.303 e. The summed E-state index contributed by atoms with van der Waals surface area (Å²) in [6.07, 6.45) is -0.155. The zero-order valence-corrected chi connectivity index (χ0v) is 8.78. The molecule has 0 aliphatic heterocycles. The molecule has 1 rings (SSSR count). The highest BCUT2D eigenvalue weighted by atomic mass is 16.4. The Bertz CT molecular complexity index is 363. The number of rotatable bonds is 4. The molecule has 0 fully saturated rings. The normalized spacial score (nSPS) is 10.0. The molecule has 0 atom stereocenters. The van der Waals surface area contributed by atoms with Crippen LogP contribution in [0.3, 0.4) is 0 Å². The molecule has 0 spiro atoms. The van der Waals surface area contributed by atoms with Gasteiger partial charge in [-0.1, -0.05) is 0 Å². The minimum atomic E-state index is -0.967. The van der Waals surface area contributed by atoms with E-state index in [1.54, 1.807) is 4.68 Å². The highest BCUT2D eigenvalue weighted by molar-refractivity contribution is 5.86. The lowest BCUT2D eigenvalue weighted by Gasteiger charge is -2.10. The molecule has 0 aromatic carbocycles. The van der Waals surface area contributed by atoms with Crippen molar-refractivity contribution in [1.82, 2.24) is 4.68 Å². The van der Waals surface area contributed by atoms with Crippen LogP contribution in [0, 0.1) is 13.8 Å². The Hall–Kier alpha value is -1.78. The van der Waals surface area contributed by atoms with Gasteiger partial charge in [-0.15, -0.1) is 0 Å². The van der Waals surface area contributed by atoms with E-state index in [1.807, 2.05) is 26.0 Å². The van der Waals surface area contributed by atoms with E-state index in [1.165, 1.54) is 0 Å². The molecule has 1 heterocycles. The molecule has 0 bridgehead atoms. The van der Waals surface area contributed by atoms with Gasteiger partial charge in [-0.25, -0.2) is 0 Å². The van der Waals surface area contributed by atoms with Crippen molar-refractivity contribution in [2.45, 2.75) is 26.7 Å². The molecule has 1 aromatic rings. The first-order chi connectivity index (χ1) is 7.00. The number of aliphatic carboxylic acids is 1. The molecule has 2 N–H and O–H groups in total.